The standard InChI is InChI=1S/C8H12N2.3C7H10N2O.CH4/c1-7(2)10-5-4-9-6-8(10)3;1-5(2)6-3-9-7(10)4-8-6;1-5(2)6-3-8-4-7(10)9-6;1-5(2)6-7(10)9-4-3-8-6;/h4-7H,3H2,1-2H3;3*3-5H,1-2H3,(H,9,10);1H4. The number of aliphatic imine (C=N–C) groups is 1. The van der Waals surface area contributed by atoms with E-state index in [1.807, 2.05) is 47.7 Å². The summed E-state index contributed by atoms with van der Waals surface area (Å²) in [4.78, 5) is 57.6. The third kappa shape index (κ3) is 14.0. The maximum Gasteiger partial charge on any atom is 0.269 e. The van der Waals surface area contributed by atoms with Crippen molar-refractivity contribution in [1.82, 2.24) is 34.8 Å². The molecule has 0 aromatic carbocycles. The average Bonchev–Trinajstić information content (AvgIpc) is 2.90. The lowest BCUT2D eigenvalue weighted by atomic mass is 10.1. The molecule has 41 heavy (non-hydrogen) atoms. The van der Waals surface area contributed by atoms with Gasteiger partial charge in [0.25, 0.3) is 16.7 Å². The largest absolute Gasteiger partial charge is 0.343 e. The molecule has 11 heteroatoms. The molecule has 3 aromatic heterocycles. The summed E-state index contributed by atoms with van der Waals surface area (Å²) in [5.74, 6) is 0.906. The molecule has 0 bridgehead atoms. The highest BCUT2D eigenvalue weighted by Crippen LogP contribution is 2.10. The molecule has 0 saturated heterocycles. The van der Waals surface area contributed by atoms with Gasteiger partial charge in [0.05, 0.1) is 23.8 Å². The third-order valence-electron chi connectivity index (χ3n) is 5.29. The van der Waals surface area contributed by atoms with Crippen molar-refractivity contribution in [3.63, 3.8) is 0 Å². The fraction of sp³-hybridized carbons (Fsp3) is 0.433. The van der Waals surface area contributed by atoms with Crippen LogP contribution in [0.4, 0.5) is 0 Å². The molecule has 1 aliphatic heterocycles. The molecule has 0 saturated carbocycles. The Balaban J connectivity index is 0.000000516. The summed E-state index contributed by atoms with van der Waals surface area (Å²) < 4.78 is 0. The Morgan fingerprint density at radius 3 is 1.90 bits per heavy atom. The predicted molar refractivity (Wildman–Crippen MR) is 167 cm³/mol. The van der Waals surface area contributed by atoms with Crippen molar-refractivity contribution in [2.75, 3.05) is 0 Å². The number of hydrogen-bond donors (Lipinski definition) is 3. The number of aromatic nitrogens is 6. The number of rotatable bonds is 4. The van der Waals surface area contributed by atoms with Crippen molar-refractivity contribution in [2.45, 2.75) is 86.6 Å². The van der Waals surface area contributed by atoms with Gasteiger partial charge in [-0.25, -0.2) is 0 Å². The summed E-state index contributed by atoms with van der Waals surface area (Å²) in [6, 6.07) is 0.468. The molecule has 0 atom stereocenters. The Labute approximate surface area is 242 Å². The molecule has 3 aromatic rings. The Morgan fingerprint density at radius 2 is 1.51 bits per heavy atom. The first-order valence-electron chi connectivity index (χ1n) is 13.1. The van der Waals surface area contributed by atoms with E-state index in [2.05, 4.69) is 60.2 Å². The molecule has 11 nitrogen and oxygen atoms in total. The van der Waals surface area contributed by atoms with Crippen molar-refractivity contribution in [3.05, 3.63) is 110 Å². The summed E-state index contributed by atoms with van der Waals surface area (Å²) in [5, 5.41) is 0. The predicted octanol–water partition coefficient (Wildman–Crippen LogP) is 5.08. The zero-order chi connectivity index (χ0) is 30.2. The molecule has 0 fully saturated rings. The highest BCUT2D eigenvalue weighted by molar-refractivity contribution is 5.78. The van der Waals surface area contributed by atoms with E-state index >= 15 is 0 Å². The SMILES string of the molecule is C.C=C1C=NC=CN1C(C)C.CC(C)c1c[nH]c(=O)cn1.CC(C)c1cncc(=O)[nH]1.CC(C)c1ncc[nH]c1=O. The van der Waals surface area contributed by atoms with Crippen LogP contribution in [0.2, 0.25) is 0 Å². The van der Waals surface area contributed by atoms with Crippen LogP contribution in [0.25, 0.3) is 0 Å². The third-order valence-corrected chi connectivity index (χ3v) is 5.29. The van der Waals surface area contributed by atoms with Crippen LogP contribution in [0.3, 0.4) is 0 Å². The second-order valence-electron chi connectivity index (χ2n) is 10.0. The van der Waals surface area contributed by atoms with Crippen LogP contribution in [0.5, 0.6) is 0 Å². The molecule has 4 rings (SSSR count). The summed E-state index contributed by atoms with van der Waals surface area (Å²) in [5.41, 5.74) is 2.99. The van der Waals surface area contributed by atoms with Gasteiger partial charge >= 0.3 is 0 Å². The topological polar surface area (TPSA) is 153 Å². The minimum absolute atomic E-state index is 0. The minimum atomic E-state index is -0.149. The maximum absolute atomic E-state index is 10.9. The van der Waals surface area contributed by atoms with Gasteiger partial charge < -0.3 is 19.9 Å². The Hall–Kier alpha value is -4.41. The van der Waals surface area contributed by atoms with Crippen LogP contribution in [0, 0.1) is 0 Å². The second-order valence-corrected chi connectivity index (χ2v) is 10.0. The van der Waals surface area contributed by atoms with Crippen LogP contribution >= 0.6 is 0 Å². The zero-order valence-corrected chi connectivity index (χ0v) is 24.7. The van der Waals surface area contributed by atoms with Gasteiger partial charge in [0, 0.05) is 61.1 Å². The molecule has 0 unspecified atom stereocenters. The van der Waals surface area contributed by atoms with Gasteiger partial charge in [-0.2, -0.15) is 0 Å². The van der Waals surface area contributed by atoms with E-state index < -0.39 is 0 Å². The normalized spacial score (nSPS) is 11.7. The van der Waals surface area contributed by atoms with Crippen LogP contribution in [-0.4, -0.2) is 47.1 Å². The second kappa shape index (κ2) is 18.8. The fourth-order valence-corrected chi connectivity index (χ4v) is 3.03. The van der Waals surface area contributed by atoms with Crippen LogP contribution in [0.1, 0.15) is 97.7 Å². The van der Waals surface area contributed by atoms with E-state index in [9.17, 15) is 14.4 Å². The lowest BCUT2D eigenvalue weighted by Crippen LogP contribution is -2.25. The molecule has 0 amide bonds. The van der Waals surface area contributed by atoms with Crippen molar-refractivity contribution >= 4 is 6.21 Å². The molecule has 1 aliphatic rings. The lowest BCUT2D eigenvalue weighted by molar-refractivity contribution is 0.401. The lowest BCUT2D eigenvalue weighted by Gasteiger charge is -2.25. The first kappa shape index (κ1) is 36.6. The van der Waals surface area contributed by atoms with Crippen molar-refractivity contribution < 1.29 is 0 Å². The molecule has 3 N–H and O–H groups in total. The van der Waals surface area contributed by atoms with Crippen LogP contribution in [0.15, 0.2) is 81.2 Å². The van der Waals surface area contributed by atoms with E-state index in [0.717, 1.165) is 17.1 Å². The highest BCUT2D eigenvalue weighted by Gasteiger charge is 2.07. The molecule has 0 spiro atoms. The van der Waals surface area contributed by atoms with E-state index in [0.29, 0.717) is 23.6 Å². The van der Waals surface area contributed by atoms with Gasteiger partial charge in [0.2, 0.25) is 0 Å². The number of hydrogen-bond acceptors (Lipinski definition) is 8. The average molecular weight is 567 g/mol. The number of nitrogens with zero attached hydrogens (tertiary/aromatic N) is 5. The van der Waals surface area contributed by atoms with E-state index in [-0.39, 0.29) is 30.0 Å². The van der Waals surface area contributed by atoms with E-state index in [1.54, 1.807) is 31.0 Å². The molecule has 4 heterocycles. The number of nitrogens with one attached hydrogen (secondary N) is 3. The monoisotopic (exact) mass is 566 g/mol. The van der Waals surface area contributed by atoms with E-state index in [1.165, 1.54) is 18.6 Å². The molecule has 0 radical (unpaired) electrons. The summed E-state index contributed by atoms with van der Waals surface area (Å²) >= 11 is 0. The fourth-order valence-electron chi connectivity index (χ4n) is 3.03. The number of H-pyrrole nitrogens is 3. The van der Waals surface area contributed by atoms with Gasteiger partial charge in [0.1, 0.15) is 5.69 Å². The van der Waals surface area contributed by atoms with Crippen LogP contribution in [-0.2, 0) is 0 Å². The molecule has 224 valence electrons. The van der Waals surface area contributed by atoms with Crippen molar-refractivity contribution in [2.24, 2.45) is 4.99 Å². The first-order chi connectivity index (χ1) is 18.8. The zero-order valence-electron chi connectivity index (χ0n) is 24.7. The Kier molecular flexibility index (Phi) is 16.8. The number of allylic oxidation sites excluding steroid dienone is 1. The number of aromatic amines is 3. The summed E-state index contributed by atoms with van der Waals surface area (Å²) in [6.45, 7) is 20.0. The molecule has 0 aliphatic carbocycles. The quantitative estimate of drug-likeness (QED) is 0.398. The van der Waals surface area contributed by atoms with Gasteiger partial charge in [0.15, 0.2) is 0 Å². The highest BCUT2D eigenvalue weighted by atomic mass is 16.1. The molecular formula is C30H46N8O3. The Bertz CT molecular complexity index is 1390. The minimum Gasteiger partial charge on any atom is -0.343 e. The van der Waals surface area contributed by atoms with Crippen molar-refractivity contribution in [1.29, 1.82) is 0 Å². The van der Waals surface area contributed by atoms with Gasteiger partial charge in [-0.05, 0) is 25.7 Å². The van der Waals surface area contributed by atoms with Gasteiger partial charge in [-0.15, -0.1) is 0 Å². The Morgan fingerprint density at radius 1 is 0.829 bits per heavy atom. The van der Waals surface area contributed by atoms with E-state index in [4.69, 9.17) is 0 Å². The van der Waals surface area contributed by atoms with Gasteiger partial charge in [-0.3, -0.25) is 34.3 Å². The molecular weight excluding hydrogens is 520 g/mol. The van der Waals surface area contributed by atoms with Crippen LogP contribution < -0.4 is 16.7 Å². The summed E-state index contributed by atoms with van der Waals surface area (Å²) in [6.07, 6.45) is 14.5. The van der Waals surface area contributed by atoms with Gasteiger partial charge in [-0.1, -0.05) is 55.5 Å². The van der Waals surface area contributed by atoms with Crippen molar-refractivity contribution in [3.8, 4) is 0 Å². The maximum atomic E-state index is 10.9. The summed E-state index contributed by atoms with van der Waals surface area (Å²) in [7, 11) is 0. The first-order valence-corrected chi connectivity index (χ1v) is 13.1. The smallest absolute Gasteiger partial charge is 0.269 e.